The number of carbonyl (C=O) groups is 3. The lowest BCUT2D eigenvalue weighted by atomic mass is 10.0. The predicted molar refractivity (Wildman–Crippen MR) is 226 cm³/mol. The van der Waals surface area contributed by atoms with E-state index in [0.717, 1.165) is 44.9 Å². The van der Waals surface area contributed by atoms with Gasteiger partial charge in [-0.15, -0.1) is 0 Å². The predicted octanol–water partition coefficient (Wildman–Crippen LogP) is 12.1. The molecule has 0 saturated heterocycles. The maximum absolute atomic E-state index is 12.6. The Bertz CT molecular complexity index is 1010. The van der Waals surface area contributed by atoms with Crippen LogP contribution >= 0.6 is 7.82 Å². The number of esters is 2. The van der Waals surface area contributed by atoms with Gasteiger partial charge in [-0.25, -0.2) is 4.57 Å². The molecular formula is C44H84NO10P. The zero-order chi connectivity index (χ0) is 41.4. The molecule has 0 aliphatic heterocycles. The van der Waals surface area contributed by atoms with Crippen LogP contribution in [0, 0.1) is 0 Å². The van der Waals surface area contributed by atoms with Crippen molar-refractivity contribution in [2.45, 2.75) is 231 Å². The molecule has 0 amide bonds. The summed E-state index contributed by atoms with van der Waals surface area (Å²) >= 11 is 0. The number of hydrogen-bond acceptors (Lipinski definition) is 9. The molecule has 0 spiro atoms. The SMILES string of the molecule is CCCCCCCCCC/C=C\CCCCCCCCCC(=O)OC[C@H](COP(=O)(O)OC[C@H](N)C(=O)O)OC(=O)CCCCCCCCCCCCCCC. The number of ether oxygens (including phenoxy) is 2. The second-order valence-corrected chi connectivity index (χ2v) is 17.0. The van der Waals surface area contributed by atoms with Crippen LogP contribution in [0.3, 0.4) is 0 Å². The maximum atomic E-state index is 12.6. The fourth-order valence-electron chi connectivity index (χ4n) is 6.41. The second-order valence-electron chi connectivity index (χ2n) is 15.5. The summed E-state index contributed by atoms with van der Waals surface area (Å²) in [7, 11) is -4.71. The first-order valence-electron chi connectivity index (χ1n) is 22.7. The summed E-state index contributed by atoms with van der Waals surface area (Å²) < 4.78 is 32.7. The van der Waals surface area contributed by atoms with Crippen molar-refractivity contribution in [3.63, 3.8) is 0 Å². The molecule has 12 heteroatoms. The Labute approximate surface area is 341 Å². The minimum Gasteiger partial charge on any atom is -0.480 e. The molecule has 0 bridgehead atoms. The number of hydrogen-bond donors (Lipinski definition) is 3. The van der Waals surface area contributed by atoms with Gasteiger partial charge in [-0.2, -0.15) is 0 Å². The van der Waals surface area contributed by atoms with Crippen molar-refractivity contribution in [3.8, 4) is 0 Å². The van der Waals surface area contributed by atoms with Crippen LogP contribution in [0.4, 0.5) is 0 Å². The van der Waals surface area contributed by atoms with Gasteiger partial charge in [0.05, 0.1) is 13.2 Å². The van der Waals surface area contributed by atoms with Gasteiger partial charge in [0.15, 0.2) is 6.10 Å². The van der Waals surface area contributed by atoms with Gasteiger partial charge >= 0.3 is 25.7 Å². The molecule has 0 aromatic rings. The van der Waals surface area contributed by atoms with Crippen molar-refractivity contribution in [1.82, 2.24) is 0 Å². The topological polar surface area (TPSA) is 172 Å². The minimum atomic E-state index is -4.71. The third kappa shape index (κ3) is 39.1. The number of carboxylic acids is 1. The quantitative estimate of drug-likeness (QED) is 0.0231. The lowest BCUT2D eigenvalue weighted by molar-refractivity contribution is -0.161. The minimum absolute atomic E-state index is 0.166. The van der Waals surface area contributed by atoms with Gasteiger partial charge < -0.3 is 25.2 Å². The van der Waals surface area contributed by atoms with Crippen LogP contribution in [-0.4, -0.2) is 59.9 Å². The number of rotatable bonds is 43. The highest BCUT2D eigenvalue weighted by atomic mass is 31.2. The monoisotopic (exact) mass is 818 g/mol. The third-order valence-electron chi connectivity index (χ3n) is 10.0. The standard InChI is InChI=1S/C44H84NO10P/c1-3-5-7-9-11-13-15-17-18-19-20-21-22-24-25-27-29-31-33-35-42(46)52-37-40(38-53-56(50,51)54-39-41(45)44(48)49)55-43(47)36-34-32-30-28-26-23-16-14-12-10-8-6-4-2/h19-20,40-41H,3-18,21-39,45H2,1-2H3,(H,48,49)(H,50,51)/b20-19-/t40-,41+/m1/s1. The number of aliphatic carboxylic acids is 1. The Morgan fingerprint density at radius 1 is 0.536 bits per heavy atom. The number of phosphoric ester groups is 1. The summed E-state index contributed by atoms with van der Waals surface area (Å²) in [5.41, 5.74) is 5.33. The lowest BCUT2D eigenvalue weighted by Gasteiger charge is -2.20. The Kier molecular flexibility index (Phi) is 38.7. The number of carboxylic acid groups (broad SMARTS) is 1. The van der Waals surface area contributed by atoms with Gasteiger partial charge in [0, 0.05) is 12.8 Å². The van der Waals surface area contributed by atoms with E-state index in [1.807, 2.05) is 0 Å². The van der Waals surface area contributed by atoms with Crippen LogP contribution in [0.25, 0.3) is 0 Å². The lowest BCUT2D eigenvalue weighted by Crippen LogP contribution is -2.34. The number of nitrogens with two attached hydrogens (primary N) is 1. The van der Waals surface area contributed by atoms with E-state index in [-0.39, 0.29) is 19.4 Å². The molecule has 11 nitrogen and oxygen atoms in total. The number of allylic oxidation sites excluding steroid dienone is 2. The average Bonchev–Trinajstić information content (AvgIpc) is 3.17. The molecule has 0 aliphatic carbocycles. The molecule has 0 radical (unpaired) electrons. The molecule has 0 aromatic carbocycles. The van der Waals surface area contributed by atoms with E-state index >= 15 is 0 Å². The fraction of sp³-hybridized carbons (Fsp3) is 0.886. The molecule has 0 aliphatic rings. The summed E-state index contributed by atoms with van der Waals surface area (Å²) in [6.07, 6.45) is 39.9. The van der Waals surface area contributed by atoms with E-state index in [9.17, 15) is 23.8 Å². The molecule has 0 fully saturated rings. The van der Waals surface area contributed by atoms with Crippen molar-refractivity contribution in [1.29, 1.82) is 0 Å². The fourth-order valence-corrected chi connectivity index (χ4v) is 7.19. The van der Waals surface area contributed by atoms with Gasteiger partial charge in [-0.3, -0.25) is 23.4 Å². The van der Waals surface area contributed by atoms with E-state index in [0.29, 0.717) is 12.8 Å². The molecular weight excluding hydrogens is 733 g/mol. The normalized spacial score (nSPS) is 13.8. The molecule has 0 rings (SSSR count). The zero-order valence-electron chi connectivity index (χ0n) is 35.7. The van der Waals surface area contributed by atoms with Gasteiger partial charge in [0.2, 0.25) is 0 Å². The Morgan fingerprint density at radius 3 is 1.30 bits per heavy atom. The number of unbranched alkanes of at least 4 members (excludes halogenated alkanes) is 27. The summed E-state index contributed by atoms with van der Waals surface area (Å²) in [4.78, 5) is 46.0. The van der Waals surface area contributed by atoms with E-state index in [2.05, 4.69) is 30.5 Å². The van der Waals surface area contributed by atoms with Crippen LogP contribution in [0.2, 0.25) is 0 Å². The van der Waals surface area contributed by atoms with Crippen LogP contribution in [-0.2, 0) is 37.5 Å². The summed E-state index contributed by atoms with van der Waals surface area (Å²) in [5, 5.41) is 8.89. The average molecular weight is 818 g/mol. The Hall–Kier alpha value is -1.78. The smallest absolute Gasteiger partial charge is 0.472 e. The van der Waals surface area contributed by atoms with E-state index in [4.69, 9.17) is 24.8 Å². The molecule has 330 valence electrons. The highest BCUT2D eigenvalue weighted by Crippen LogP contribution is 2.43. The highest BCUT2D eigenvalue weighted by molar-refractivity contribution is 7.47. The maximum Gasteiger partial charge on any atom is 0.472 e. The van der Waals surface area contributed by atoms with Crippen LogP contribution in [0.1, 0.15) is 219 Å². The summed E-state index contributed by atoms with van der Waals surface area (Å²) in [6.45, 7) is 2.82. The molecule has 0 saturated carbocycles. The van der Waals surface area contributed by atoms with Gasteiger partial charge in [-0.05, 0) is 38.5 Å². The molecule has 0 heterocycles. The Balaban J connectivity index is 4.28. The largest absolute Gasteiger partial charge is 0.480 e. The van der Waals surface area contributed by atoms with Gasteiger partial charge in [-0.1, -0.05) is 180 Å². The third-order valence-corrected chi connectivity index (χ3v) is 11.0. The van der Waals surface area contributed by atoms with Crippen molar-refractivity contribution in [2.24, 2.45) is 5.73 Å². The van der Waals surface area contributed by atoms with Crippen molar-refractivity contribution in [3.05, 3.63) is 12.2 Å². The van der Waals surface area contributed by atoms with Crippen LogP contribution in [0.5, 0.6) is 0 Å². The molecule has 56 heavy (non-hydrogen) atoms. The van der Waals surface area contributed by atoms with Crippen molar-refractivity contribution in [2.75, 3.05) is 19.8 Å². The van der Waals surface area contributed by atoms with Crippen LogP contribution in [0.15, 0.2) is 12.2 Å². The first-order valence-corrected chi connectivity index (χ1v) is 24.2. The van der Waals surface area contributed by atoms with Crippen LogP contribution < -0.4 is 5.73 Å². The second kappa shape index (κ2) is 40.0. The first-order chi connectivity index (χ1) is 27.1. The summed E-state index contributed by atoms with van der Waals surface area (Å²) in [6, 6.07) is -1.52. The van der Waals surface area contributed by atoms with Gasteiger partial charge in [0.25, 0.3) is 0 Å². The molecule has 1 unspecified atom stereocenters. The van der Waals surface area contributed by atoms with E-state index in [1.54, 1.807) is 0 Å². The number of carbonyl (C=O) groups excluding carboxylic acids is 2. The zero-order valence-corrected chi connectivity index (χ0v) is 36.6. The molecule has 3 atom stereocenters. The van der Waals surface area contributed by atoms with E-state index < -0.39 is 51.1 Å². The molecule has 4 N–H and O–H groups in total. The number of phosphoric acid groups is 1. The molecule has 0 aromatic heterocycles. The summed E-state index contributed by atoms with van der Waals surface area (Å²) in [5.74, 6) is -2.37. The Morgan fingerprint density at radius 2 is 0.893 bits per heavy atom. The van der Waals surface area contributed by atoms with Crippen molar-refractivity contribution >= 4 is 25.7 Å². The van der Waals surface area contributed by atoms with Gasteiger partial charge in [0.1, 0.15) is 12.6 Å². The highest BCUT2D eigenvalue weighted by Gasteiger charge is 2.28. The van der Waals surface area contributed by atoms with E-state index in [1.165, 1.54) is 135 Å². The van der Waals surface area contributed by atoms with Crippen molar-refractivity contribution < 1.29 is 47.5 Å². The first kappa shape index (κ1) is 54.2.